The van der Waals surface area contributed by atoms with Gasteiger partial charge in [0.2, 0.25) is 5.91 Å². The first-order valence-electron chi connectivity index (χ1n) is 8.98. The van der Waals surface area contributed by atoms with E-state index in [0.29, 0.717) is 17.7 Å². The molecule has 1 fully saturated rings. The summed E-state index contributed by atoms with van der Waals surface area (Å²) in [5, 5.41) is 14.3. The number of carboxylic acid groups (broad SMARTS) is 1. The van der Waals surface area contributed by atoms with Gasteiger partial charge in [-0.2, -0.15) is 18.3 Å². The van der Waals surface area contributed by atoms with Gasteiger partial charge in [-0.25, -0.2) is 4.79 Å². The van der Waals surface area contributed by atoms with Crippen molar-refractivity contribution in [1.29, 1.82) is 0 Å². The Bertz CT molecular complexity index is 653. The number of nitrogens with zero attached hydrogens (tertiary/aromatic N) is 2. The van der Waals surface area contributed by atoms with Gasteiger partial charge in [-0.3, -0.25) is 9.48 Å². The zero-order chi connectivity index (χ0) is 21.5. The molecule has 6 N–H and O–H groups in total. The monoisotopic (exact) mass is 407 g/mol. The molecule has 28 heavy (non-hydrogen) atoms. The molecule has 11 heteroatoms. The summed E-state index contributed by atoms with van der Waals surface area (Å²) >= 11 is 0. The zero-order valence-electron chi connectivity index (χ0n) is 16.0. The van der Waals surface area contributed by atoms with Crippen molar-refractivity contribution in [1.82, 2.24) is 15.1 Å². The quantitative estimate of drug-likeness (QED) is 0.587. The van der Waals surface area contributed by atoms with Gasteiger partial charge in [0.1, 0.15) is 11.4 Å². The Labute approximate surface area is 161 Å². The van der Waals surface area contributed by atoms with E-state index in [2.05, 4.69) is 10.4 Å². The van der Waals surface area contributed by atoms with Gasteiger partial charge >= 0.3 is 12.1 Å². The van der Waals surface area contributed by atoms with Gasteiger partial charge in [-0.15, -0.1) is 0 Å². The molecule has 1 saturated carbocycles. The zero-order valence-corrected chi connectivity index (χ0v) is 16.0. The minimum Gasteiger partial charge on any atom is -0.475 e. The van der Waals surface area contributed by atoms with E-state index in [1.54, 1.807) is 16.9 Å². The maximum atomic E-state index is 12.4. The molecule has 0 unspecified atom stereocenters. The normalized spacial score (nSPS) is 20.1. The van der Waals surface area contributed by atoms with Crippen LogP contribution < -0.4 is 16.8 Å². The fraction of sp³-hybridized carbons (Fsp3) is 0.706. The number of hydrogen-bond donors (Lipinski definition) is 4. The highest BCUT2D eigenvalue weighted by Gasteiger charge is 2.38. The van der Waals surface area contributed by atoms with Crippen LogP contribution in [0, 0.1) is 11.8 Å². The lowest BCUT2D eigenvalue weighted by molar-refractivity contribution is -0.192. The maximum absolute atomic E-state index is 12.4. The number of anilines is 1. The van der Waals surface area contributed by atoms with Crippen LogP contribution in [0.4, 0.5) is 19.0 Å². The van der Waals surface area contributed by atoms with Gasteiger partial charge in [0.15, 0.2) is 0 Å². The predicted octanol–water partition coefficient (Wildman–Crippen LogP) is 1.71. The summed E-state index contributed by atoms with van der Waals surface area (Å²) in [5.74, 6) is -1.12. The van der Waals surface area contributed by atoms with Crippen molar-refractivity contribution < 1.29 is 27.9 Å². The Kier molecular flexibility index (Phi) is 8.28. The highest BCUT2D eigenvalue weighted by atomic mass is 19.4. The number of amides is 1. The van der Waals surface area contributed by atoms with Crippen LogP contribution in [0.5, 0.6) is 0 Å². The predicted molar refractivity (Wildman–Crippen MR) is 97.2 cm³/mol. The van der Waals surface area contributed by atoms with Gasteiger partial charge < -0.3 is 21.9 Å². The largest absolute Gasteiger partial charge is 0.490 e. The molecule has 0 aromatic carbocycles. The lowest BCUT2D eigenvalue weighted by Crippen LogP contribution is -2.46. The molecule has 0 aliphatic heterocycles. The number of nitrogens with one attached hydrogen (secondary N) is 1. The molecule has 1 aliphatic rings. The summed E-state index contributed by atoms with van der Waals surface area (Å²) in [6, 6.07) is 1.70. The fourth-order valence-electron chi connectivity index (χ4n) is 2.88. The molecular weight excluding hydrogens is 379 g/mol. The standard InChI is InChI=1S/C15H27N5O.C2HF3O2/c1-15(2,20-8-7-13(17)19-20)14(21)18-10-12-5-3-11(9-16)4-6-12;3-2(4,5)1(6)7/h7-8,11-12H,3-6,9-10,16H2,1-2H3,(H2,17,19)(H,18,21);(H,6,7). The van der Waals surface area contributed by atoms with E-state index < -0.39 is 17.7 Å². The van der Waals surface area contributed by atoms with Gasteiger partial charge in [0.25, 0.3) is 0 Å². The Morgan fingerprint density at radius 2 is 1.75 bits per heavy atom. The van der Waals surface area contributed by atoms with Gasteiger partial charge in [0.05, 0.1) is 0 Å². The number of alkyl halides is 3. The lowest BCUT2D eigenvalue weighted by atomic mass is 9.82. The fourth-order valence-corrected chi connectivity index (χ4v) is 2.88. The highest BCUT2D eigenvalue weighted by Crippen LogP contribution is 2.27. The average Bonchev–Trinajstić information content (AvgIpc) is 3.07. The van der Waals surface area contributed by atoms with Crippen LogP contribution in [0.25, 0.3) is 0 Å². The maximum Gasteiger partial charge on any atom is 0.490 e. The summed E-state index contributed by atoms with van der Waals surface area (Å²) in [5.41, 5.74) is 10.6. The Hall–Kier alpha value is -2.30. The molecule has 0 radical (unpaired) electrons. The Morgan fingerprint density at radius 1 is 1.25 bits per heavy atom. The molecule has 0 bridgehead atoms. The number of hydrogen-bond acceptors (Lipinski definition) is 5. The third-order valence-electron chi connectivity index (χ3n) is 4.83. The number of rotatable bonds is 5. The third-order valence-corrected chi connectivity index (χ3v) is 4.83. The molecule has 1 heterocycles. The minimum atomic E-state index is -5.08. The number of nitrogen functional groups attached to an aromatic ring is 1. The molecule has 2 rings (SSSR count). The molecular formula is C17H28F3N5O3. The Morgan fingerprint density at radius 3 is 2.14 bits per heavy atom. The van der Waals surface area contributed by atoms with Crippen molar-refractivity contribution in [3.8, 4) is 0 Å². The first-order valence-corrected chi connectivity index (χ1v) is 8.98. The average molecular weight is 407 g/mol. The molecule has 0 saturated heterocycles. The number of aliphatic carboxylic acids is 1. The van der Waals surface area contributed by atoms with E-state index in [0.717, 1.165) is 25.9 Å². The third kappa shape index (κ3) is 7.02. The van der Waals surface area contributed by atoms with Crippen LogP contribution in [-0.4, -0.2) is 46.0 Å². The van der Waals surface area contributed by atoms with Crippen molar-refractivity contribution in [2.24, 2.45) is 17.6 Å². The van der Waals surface area contributed by atoms with Crippen LogP contribution in [0.15, 0.2) is 12.3 Å². The van der Waals surface area contributed by atoms with Crippen molar-refractivity contribution in [3.63, 3.8) is 0 Å². The van der Waals surface area contributed by atoms with E-state index in [4.69, 9.17) is 21.4 Å². The smallest absolute Gasteiger partial charge is 0.475 e. The molecule has 1 amide bonds. The lowest BCUT2D eigenvalue weighted by Gasteiger charge is -2.29. The van der Waals surface area contributed by atoms with Gasteiger partial charge in [-0.1, -0.05) is 0 Å². The van der Waals surface area contributed by atoms with Crippen LogP contribution in [0.2, 0.25) is 0 Å². The van der Waals surface area contributed by atoms with Crippen LogP contribution in [0.3, 0.4) is 0 Å². The van der Waals surface area contributed by atoms with E-state index in [-0.39, 0.29) is 5.91 Å². The van der Waals surface area contributed by atoms with Crippen molar-refractivity contribution in [3.05, 3.63) is 12.3 Å². The number of aromatic nitrogens is 2. The molecule has 1 aromatic heterocycles. The topological polar surface area (TPSA) is 136 Å². The molecule has 1 aliphatic carbocycles. The van der Waals surface area contributed by atoms with Crippen LogP contribution >= 0.6 is 0 Å². The minimum absolute atomic E-state index is 0.0217. The molecule has 0 spiro atoms. The highest BCUT2D eigenvalue weighted by molar-refractivity contribution is 5.83. The number of halogens is 3. The summed E-state index contributed by atoms with van der Waals surface area (Å²) < 4.78 is 33.4. The van der Waals surface area contributed by atoms with E-state index in [1.807, 2.05) is 13.8 Å². The van der Waals surface area contributed by atoms with Gasteiger partial charge in [-0.05, 0) is 64.0 Å². The second kappa shape index (κ2) is 9.76. The van der Waals surface area contributed by atoms with Crippen molar-refractivity contribution >= 4 is 17.7 Å². The van der Waals surface area contributed by atoms with Crippen LogP contribution in [-0.2, 0) is 15.1 Å². The first kappa shape index (κ1) is 23.7. The molecule has 8 nitrogen and oxygen atoms in total. The van der Waals surface area contributed by atoms with Crippen molar-refractivity contribution in [2.75, 3.05) is 18.8 Å². The number of nitrogens with two attached hydrogens (primary N) is 2. The molecule has 1 aromatic rings. The number of carbonyl (C=O) groups excluding carboxylic acids is 1. The van der Waals surface area contributed by atoms with Crippen LogP contribution in [0.1, 0.15) is 39.5 Å². The molecule has 0 atom stereocenters. The van der Waals surface area contributed by atoms with Gasteiger partial charge in [0, 0.05) is 12.7 Å². The Balaban J connectivity index is 0.000000480. The van der Waals surface area contributed by atoms with E-state index >= 15 is 0 Å². The molecule has 160 valence electrons. The summed E-state index contributed by atoms with van der Waals surface area (Å²) in [6.45, 7) is 5.21. The summed E-state index contributed by atoms with van der Waals surface area (Å²) in [7, 11) is 0. The second-order valence-electron chi connectivity index (χ2n) is 7.38. The first-order chi connectivity index (χ1) is 12.9. The van der Waals surface area contributed by atoms with E-state index in [1.165, 1.54) is 12.8 Å². The van der Waals surface area contributed by atoms with Crippen molar-refractivity contribution in [2.45, 2.75) is 51.2 Å². The summed E-state index contributed by atoms with van der Waals surface area (Å²) in [6.07, 6.45) is 1.31. The van der Waals surface area contributed by atoms with E-state index in [9.17, 15) is 18.0 Å². The number of carboxylic acids is 1. The number of carbonyl (C=O) groups is 2. The summed E-state index contributed by atoms with van der Waals surface area (Å²) in [4.78, 5) is 21.3. The SMILES string of the molecule is CC(C)(C(=O)NCC1CCC(CN)CC1)n1ccc(N)n1.O=C(O)C(F)(F)F. The second-order valence-corrected chi connectivity index (χ2v) is 7.38.